The van der Waals surface area contributed by atoms with Crippen LogP contribution < -0.4 is 9.64 Å². The number of benzene rings is 2. The van der Waals surface area contributed by atoms with E-state index in [1.54, 1.807) is 0 Å². The Morgan fingerprint density at radius 1 is 1.12 bits per heavy atom. The van der Waals surface area contributed by atoms with Crippen LogP contribution in [-0.2, 0) is 11.0 Å². The van der Waals surface area contributed by atoms with E-state index >= 15 is 0 Å². The first kappa shape index (κ1) is 27.7. The number of ether oxygens (including phenoxy) is 1. The van der Waals surface area contributed by atoms with Gasteiger partial charge < -0.3 is 14.7 Å². The van der Waals surface area contributed by atoms with E-state index in [4.69, 9.17) is 9.84 Å². The Labute approximate surface area is 199 Å². The third-order valence-electron chi connectivity index (χ3n) is 4.81. The van der Waals surface area contributed by atoms with Gasteiger partial charge >= 0.3 is 12.1 Å². The van der Waals surface area contributed by atoms with Gasteiger partial charge in [-0.1, -0.05) is 25.1 Å². The zero-order valence-electron chi connectivity index (χ0n) is 19.0. The third-order valence-corrected chi connectivity index (χ3v) is 5.83. The number of hydrogen-bond acceptors (Lipinski definition) is 5. The fourth-order valence-corrected chi connectivity index (χ4v) is 3.81. The van der Waals surface area contributed by atoms with Crippen LogP contribution in [-0.4, -0.2) is 48.0 Å². The van der Waals surface area contributed by atoms with Gasteiger partial charge in [0.25, 0.3) is 0 Å². The lowest BCUT2D eigenvalue weighted by atomic mass is 10.1. The van der Waals surface area contributed by atoms with Crippen molar-refractivity contribution in [3.63, 3.8) is 0 Å². The number of hydrogen-bond donors (Lipinski definition) is 1. The molecule has 5 nitrogen and oxygen atoms in total. The van der Waals surface area contributed by atoms with Crippen molar-refractivity contribution in [1.82, 2.24) is 4.31 Å². The monoisotopic (exact) mass is 506 g/mol. The van der Waals surface area contributed by atoms with E-state index in [1.165, 1.54) is 24.9 Å². The summed E-state index contributed by atoms with van der Waals surface area (Å²) in [6.45, 7) is 3.20. The molecule has 0 fully saturated rings. The molecule has 0 aliphatic carbocycles. The molecular weight excluding hydrogens is 479 g/mol. The van der Waals surface area contributed by atoms with E-state index in [9.17, 15) is 26.7 Å². The quantitative estimate of drug-likeness (QED) is 0.348. The minimum Gasteiger partial charge on any atom is -0.492 e. The fourth-order valence-electron chi connectivity index (χ4n) is 2.87. The number of fused-ring (bicyclic) bond motifs is 1. The molecule has 0 aromatic heterocycles. The van der Waals surface area contributed by atoms with Crippen molar-refractivity contribution in [2.45, 2.75) is 43.7 Å². The normalized spacial score (nSPS) is 14.5. The number of carboxylic acids is 1. The van der Waals surface area contributed by atoms with Gasteiger partial charge in [0.1, 0.15) is 5.75 Å². The van der Waals surface area contributed by atoms with Crippen molar-refractivity contribution in [2.24, 2.45) is 0 Å². The average Bonchev–Trinajstić information content (AvgIpc) is 2.90. The van der Waals surface area contributed by atoms with Crippen LogP contribution in [0.1, 0.15) is 32.3 Å². The second-order valence-corrected chi connectivity index (χ2v) is 8.91. The molecule has 0 spiro atoms. The number of halogens is 5. The van der Waals surface area contributed by atoms with Crippen molar-refractivity contribution in [1.29, 1.82) is 0 Å². The Morgan fingerprint density at radius 3 is 2.26 bits per heavy atom. The molecular formula is C23H27F5N2O3S. The van der Waals surface area contributed by atoms with Crippen LogP contribution >= 0.6 is 11.9 Å². The number of anilines is 2. The first-order valence-corrected chi connectivity index (χ1v) is 11.3. The Morgan fingerprint density at radius 2 is 1.74 bits per heavy atom. The van der Waals surface area contributed by atoms with Gasteiger partial charge in [-0.15, -0.1) is 0 Å². The van der Waals surface area contributed by atoms with Crippen molar-refractivity contribution in [2.75, 3.05) is 31.6 Å². The Bertz CT molecular complexity index is 952. The van der Waals surface area contributed by atoms with Crippen LogP contribution in [0, 0.1) is 0 Å². The molecule has 2 aromatic carbocycles. The Hall–Kier alpha value is -2.53. The molecule has 11 heteroatoms. The molecule has 34 heavy (non-hydrogen) atoms. The number of alkyl halides is 5. The molecule has 1 aliphatic rings. The Kier molecular flexibility index (Phi) is 9.57. The van der Waals surface area contributed by atoms with Gasteiger partial charge in [0.2, 0.25) is 5.92 Å². The highest BCUT2D eigenvalue weighted by molar-refractivity contribution is 7.97. The first-order valence-electron chi connectivity index (χ1n) is 10.5. The lowest BCUT2D eigenvalue weighted by Gasteiger charge is -2.26. The summed E-state index contributed by atoms with van der Waals surface area (Å²) in [6, 6.07) is 11.7. The largest absolute Gasteiger partial charge is 0.492 e. The molecule has 0 saturated heterocycles. The second kappa shape index (κ2) is 11.7. The molecule has 0 bridgehead atoms. The summed E-state index contributed by atoms with van der Waals surface area (Å²) in [7, 11) is 1.87. The van der Waals surface area contributed by atoms with Gasteiger partial charge in [-0.05, 0) is 50.2 Å². The molecule has 1 heterocycles. The standard InChI is InChI=1S/C19H19F3N2O3S.C4H8F2/c1-23-8-9-24(13-5-3-2-4-6-13)15-11-14(19(20,21)22)16(12-17(15)28-23)27-10-7-18(25)26;1-3-4(2,5)6/h2-6,11-12H,7-10H2,1H3,(H,25,26);3H2,1-2H3. The maximum absolute atomic E-state index is 13.7. The maximum atomic E-state index is 13.7. The van der Waals surface area contributed by atoms with Crippen LogP contribution in [0.4, 0.5) is 33.3 Å². The van der Waals surface area contributed by atoms with Crippen LogP contribution in [0.25, 0.3) is 0 Å². The highest BCUT2D eigenvalue weighted by Crippen LogP contribution is 2.46. The van der Waals surface area contributed by atoms with E-state index < -0.39 is 23.6 Å². The molecule has 0 atom stereocenters. The van der Waals surface area contributed by atoms with Gasteiger partial charge in [0.15, 0.2) is 0 Å². The summed E-state index contributed by atoms with van der Waals surface area (Å²) in [4.78, 5) is 13.1. The summed E-state index contributed by atoms with van der Waals surface area (Å²) in [5.74, 6) is -3.95. The molecule has 0 radical (unpaired) electrons. The van der Waals surface area contributed by atoms with E-state index in [1.807, 2.05) is 46.6 Å². The van der Waals surface area contributed by atoms with Gasteiger partial charge in [0.05, 0.1) is 29.2 Å². The topological polar surface area (TPSA) is 53.0 Å². The van der Waals surface area contributed by atoms with Crippen LogP contribution in [0.3, 0.4) is 0 Å². The highest BCUT2D eigenvalue weighted by Gasteiger charge is 2.37. The number of rotatable bonds is 6. The minimum absolute atomic E-state index is 0.0625. The van der Waals surface area contributed by atoms with Crippen molar-refractivity contribution >= 4 is 29.3 Å². The van der Waals surface area contributed by atoms with E-state index in [0.29, 0.717) is 23.7 Å². The van der Waals surface area contributed by atoms with E-state index in [-0.39, 0.29) is 25.2 Å². The lowest BCUT2D eigenvalue weighted by Crippen LogP contribution is -2.24. The number of likely N-dealkylation sites (N-methyl/N-ethyl adjacent to an activating group) is 1. The molecule has 1 aliphatic heterocycles. The number of carboxylic acid groups (broad SMARTS) is 1. The van der Waals surface area contributed by atoms with Crippen LogP contribution in [0.2, 0.25) is 0 Å². The second-order valence-electron chi connectivity index (χ2n) is 7.66. The highest BCUT2D eigenvalue weighted by atomic mass is 32.2. The number of nitrogens with zero attached hydrogens (tertiary/aromatic N) is 2. The molecule has 0 amide bonds. The van der Waals surface area contributed by atoms with E-state index in [2.05, 4.69) is 0 Å². The Balaban J connectivity index is 0.000000604. The molecule has 188 valence electrons. The average molecular weight is 507 g/mol. The lowest BCUT2D eigenvalue weighted by molar-refractivity contribution is -0.139. The zero-order chi connectivity index (χ0) is 25.5. The number of para-hydroxylation sites is 1. The molecule has 3 rings (SSSR count). The molecule has 0 saturated carbocycles. The first-order chi connectivity index (χ1) is 15.8. The fraction of sp³-hybridized carbons (Fsp3) is 0.435. The van der Waals surface area contributed by atoms with Crippen LogP contribution in [0.5, 0.6) is 5.75 Å². The molecule has 2 aromatic rings. The van der Waals surface area contributed by atoms with Crippen molar-refractivity contribution in [3.05, 3.63) is 48.0 Å². The zero-order valence-corrected chi connectivity index (χ0v) is 19.8. The van der Waals surface area contributed by atoms with Gasteiger partial charge in [0, 0.05) is 25.2 Å². The van der Waals surface area contributed by atoms with Crippen molar-refractivity contribution < 1.29 is 36.6 Å². The van der Waals surface area contributed by atoms with Gasteiger partial charge in [-0.2, -0.15) is 13.2 Å². The predicted octanol–water partition coefficient (Wildman–Crippen LogP) is 6.70. The third kappa shape index (κ3) is 8.35. The van der Waals surface area contributed by atoms with E-state index in [0.717, 1.165) is 18.7 Å². The smallest absolute Gasteiger partial charge is 0.420 e. The number of aliphatic carboxylic acids is 1. The SMILES string of the molecule is CCC(C)(F)F.CN1CCN(c2ccccc2)c2cc(C(F)(F)F)c(OCCC(=O)O)cc2S1. The summed E-state index contributed by atoms with van der Waals surface area (Å²) in [5.41, 5.74) is 0.327. The summed E-state index contributed by atoms with van der Waals surface area (Å²) >= 11 is 1.33. The van der Waals surface area contributed by atoms with Crippen LogP contribution in [0.15, 0.2) is 47.4 Å². The maximum Gasteiger partial charge on any atom is 0.420 e. The van der Waals surface area contributed by atoms with Gasteiger partial charge in [-0.3, -0.25) is 4.79 Å². The van der Waals surface area contributed by atoms with Gasteiger partial charge in [-0.25, -0.2) is 13.1 Å². The van der Waals surface area contributed by atoms with Crippen molar-refractivity contribution in [3.8, 4) is 5.75 Å². The summed E-state index contributed by atoms with van der Waals surface area (Å²) < 4.78 is 71.1. The number of carbonyl (C=O) groups is 1. The molecule has 0 unspecified atom stereocenters. The minimum atomic E-state index is -4.63. The summed E-state index contributed by atoms with van der Waals surface area (Å²) in [5, 5.41) is 8.73. The predicted molar refractivity (Wildman–Crippen MR) is 122 cm³/mol. The summed E-state index contributed by atoms with van der Waals surface area (Å²) in [6.07, 6.45) is -5.07. The molecule has 1 N–H and O–H groups in total.